The molecule has 1 aromatic rings. The van der Waals surface area contributed by atoms with Gasteiger partial charge < -0.3 is 15.1 Å². The van der Waals surface area contributed by atoms with Gasteiger partial charge in [0, 0.05) is 38.2 Å². The Hall–Kier alpha value is -2.37. The van der Waals surface area contributed by atoms with E-state index < -0.39 is 6.04 Å². The molecule has 0 aromatic heterocycles. The zero-order valence-corrected chi connectivity index (χ0v) is 14.8. The summed E-state index contributed by atoms with van der Waals surface area (Å²) in [4.78, 5) is 39.8. The molecule has 6 heteroatoms. The minimum atomic E-state index is -0.390. The summed E-state index contributed by atoms with van der Waals surface area (Å²) in [5.41, 5.74) is 1.90. The van der Waals surface area contributed by atoms with E-state index in [1.807, 2.05) is 24.3 Å². The first-order valence-electron chi connectivity index (χ1n) is 8.93. The fourth-order valence-electron chi connectivity index (χ4n) is 3.34. The third-order valence-corrected chi connectivity index (χ3v) is 5.00. The van der Waals surface area contributed by atoms with Gasteiger partial charge in [-0.25, -0.2) is 0 Å². The lowest BCUT2D eigenvalue weighted by molar-refractivity contribution is -0.135. The molecule has 2 heterocycles. The molecule has 6 nitrogen and oxygen atoms in total. The number of rotatable bonds is 3. The molecule has 1 atom stereocenters. The average molecular weight is 343 g/mol. The Morgan fingerprint density at radius 2 is 1.64 bits per heavy atom. The summed E-state index contributed by atoms with van der Waals surface area (Å²) in [7, 11) is 0. The second-order valence-corrected chi connectivity index (χ2v) is 7.05. The highest BCUT2D eigenvalue weighted by atomic mass is 16.2. The van der Waals surface area contributed by atoms with Gasteiger partial charge in [0.1, 0.15) is 6.04 Å². The van der Waals surface area contributed by atoms with Crippen LogP contribution in [-0.2, 0) is 9.59 Å². The van der Waals surface area contributed by atoms with Crippen LogP contribution < -0.4 is 5.32 Å². The van der Waals surface area contributed by atoms with Crippen LogP contribution in [0.1, 0.15) is 48.5 Å². The topological polar surface area (TPSA) is 69.7 Å². The number of hydrogen-bond donors (Lipinski definition) is 1. The summed E-state index contributed by atoms with van der Waals surface area (Å²) in [6.07, 6.45) is 0.986. The molecule has 2 aliphatic heterocycles. The summed E-state index contributed by atoms with van der Waals surface area (Å²) in [5, 5.41) is 2.71. The molecule has 0 bridgehead atoms. The summed E-state index contributed by atoms with van der Waals surface area (Å²) in [5.74, 6) is 0.364. The minimum absolute atomic E-state index is 0.0107. The first-order chi connectivity index (χ1) is 12.0. The first-order valence-corrected chi connectivity index (χ1v) is 8.93. The molecule has 0 spiro atoms. The van der Waals surface area contributed by atoms with Gasteiger partial charge in [-0.15, -0.1) is 0 Å². The third kappa shape index (κ3) is 3.83. The lowest BCUT2D eigenvalue weighted by Gasteiger charge is -2.36. The standard InChI is InChI=1S/C19H25N3O3/c1-13(2)14-3-5-15(6-4-14)18(24)21-9-11-22(12-10-21)19(25)16-7-8-17(23)20-16/h3-6,13,16H,7-12H2,1-2H3,(H,20,23). The smallest absolute Gasteiger partial charge is 0.253 e. The molecule has 134 valence electrons. The molecule has 3 rings (SSSR count). The molecule has 0 radical (unpaired) electrons. The predicted molar refractivity (Wildman–Crippen MR) is 94.2 cm³/mol. The number of piperazine rings is 1. The van der Waals surface area contributed by atoms with Gasteiger partial charge in [0.25, 0.3) is 5.91 Å². The number of amides is 3. The van der Waals surface area contributed by atoms with Gasteiger partial charge in [0.2, 0.25) is 11.8 Å². The number of nitrogens with one attached hydrogen (secondary N) is 1. The molecule has 0 aliphatic carbocycles. The number of nitrogens with zero attached hydrogens (tertiary/aromatic N) is 2. The average Bonchev–Trinajstić information content (AvgIpc) is 3.07. The maximum atomic E-state index is 12.6. The van der Waals surface area contributed by atoms with Crippen molar-refractivity contribution in [2.45, 2.75) is 38.6 Å². The molecular weight excluding hydrogens is 318 g/mol. The highest BCUT2D eigenvalue weighted by molar-refractivity contribution is 5.95. The van der Waals surface area contributed by atoms with Crippen LogP contribution in [0.15, 0.2) is 24.3 Å². The number of carbonyl (C=O) groups excluding carboxylic acids is 3. The Balaban J connectivity index is 1.55. The van der Waals surface area contributed by atoms with Crippen LogP contribution in [0.5, 0.6) is 0 Å². The number of carbonyl (C=O) groups is 3. The van der Waals surface area contributed by atoms with Gasteiger partial charge in [-0.2, -0.15) is 0 Å². The number of hydrogen-bond acceptors (Lipinski definition) is 3. The first kappa shape index (κ1) is 17.5. The Bertz CT molecular complexity index is 661. The Morgan fingerprint density at radius 3 is 2.16 bits per heavy atom. The molecular formula is C19H25N3O3. The van der Waals surface area contributed by atoms with Gasteiger partial charge in [0.05, 0.1) is 0 Å². The molecule has 3 amide bonds. The SMILES string of the molecule is CC(C)c1ccc(C(=O)N2CCN(C(=O)C3CCC(=O)N3)CC2)cc1. The van der Waals surface area contributed by atoms with Crippen molar-refractivity contribution in [2.75, 3.05) is 26.2 Å². The number of benzene rings is 1. The third-order valence-electron chi connectivity index (χ3n) is 5.00. The van der Waals surface area contributed by atoms with Crippen molar-refractivity contribution in [3.05, 3.63) is 35.4 Å². The minimum Gasteiger partial charge on any atom is -0.344 e. The van der Waals surface area contributed by atoms with E-state index >= 15 is 0 Å². The Morgan fingerprint density at radius 1 is 1.04 bits per heavy atom. The van der Waals surface area contributed by atoms with E-state index in [9.17, 15) is 14.4 Å². The van der Waals surface area contributed by atoms with E-state index in [2.05, 4.69) is 19.2 Å². The quantitative estimate of drug-likeness (QED) is 0.901. The second kappa shape index (κ2) is 7.25. The van der Waals surface area contributed by atoms with Gasteiger partial charge >= 0.3 is 0 Å². The van der Waals surface area contributed by atoms with Crippen molar-refractivity contribution in [2.24, 2.45) is 0 Å². The molecule has 25 heavy (non-hydrogen) atoms. The van der Waals surface area contributed by atoms with E-state index in [0.29, 0.717) is 50.5 Å². The van der Waals surface area contributed by atoms with Crippen LogP contribution in [-0.4, -0.2) is 59.7 Å². The van der Waals surface area contributed by atoms with Gasteiger partial charge in [-0.05, 0) is 30.0 Å². The Kier molecular flexibility index (Phi) is 5.06. The molecule has 2 fully saturated rings. The lowest BCUT2D eigenvalue weighted by Crippen LogP contribution is -2.54. The molecule has 2 aliphatic rings. The van der Waals surface area contributed by atoms with Gasteiger partial charge in [-0.3, -0.25) is 14.4 Å². The fraction of sp³-hybridized carbons (Fsp3) is 0.526. The highest BCUT2D eigenvalue weighted by Gasteiger charge is 2.33. The fourth-order valence-corrected chi connectivity index (χ4v) is 3.34. The zero-order valence-electron chi connectivity index (χ0n) is 14.8. The molecule has 2 saturated heterocycles. The van der Waals surface area contributed by atoms with Crippen LogP contribution in [0, 0.1) is 0 Å². The van der Waals surface area contributed by atoms with E-state index in [-0.39, 0.29) is 17.7 Å². The maximum Gasteiger partial charge on any atom is 0.253 e. The summed E-state index contributed by atoms with van der Waals surface area (Å²) < 4.78 is 0. The Labute approximate surface area is 148 Å². The maximum absolute atomic E-state index is 12.6. The van der Waals surface area contributed by atoms with Crippen molar-refractivity contribution >= 4 is 17.7 Å². The normalized spacial score (nSPS) is 20.8. The van der Waals surface area contributed by atoms with Crippen molar-refractivity contribution in [1.29, 1.82) is 0 Å². The molecule has 0 saturated carbocycles. The van der Waals surface area contributed by atoms with E-state index in [1.165, 1.54) is 5.56 Å². The molecule has 1 unspecified atom stereocenters. The summed E-state index contributed by atoms with van der Waals surface area (Å²) in [6, 6.07) is 7.37. The van der Waals surface area contributed by atoms with Crippen molar-refractivity contribution in [1.82, 2.24) is 15.1 Å². The van der Waals surface area contributed by atoms with E-state index in [4.69, 9.17) is 0 Å². The van der Waals surface area contributed by atoms with Crippen molar-refractivity contribution in [3.8, 4) is 0 Å². The van der Waals surface area contributed by atoms with E-state index in [1.54, 1.807) is 9.80 Å². The molecule has 1 aromatic carbocycles. The van der Waals surface area contributed by atoms with Crippen LogP contribution >= 0.6 is 0 Å². The van der Waals surface area contributed by atoms with Crippen LogP contribution in [0.2, 0.25) is 0 Å². The van der Waals surface area contributed by atoms with Crippen LogP contribution in [0.25, 0.3) is 0 Å². The van der Waals surface area contributed by atoms with Gasteiger partial charge in [-0.1, -0.05) is 26.0 Å². The van der Waals surface area contributed by atoms with Crippen molar-refractivity contribution in [3.63, 3.8) is 0 Å². The van der Waals surface area contributed by atoms with Gasteiger partial charge in [0.15, 0.2) is 0 Å². The summed E-state index contributed by atoms with van der Waals surface area (Å²) >= 11 is 0. The highest BCUT2D eigenvalue weighted by Crippen LogP contribution is 2.17. The van der Waals surface area contributed by atoms with Crippen molar-refractivity contribution < 1.29 is 14.4 Å². The summed E-state index contributed by atoms with van der Waals surface area (Å²) in [6.45, 7) is 6.33. The van der Waals surface area contributed by atoms with E-state index in [0.717, 1.165) is 0 Å². The van der Waals surface area contributed by atoms with Crippen LogP contribution in [0.3, 0.4) is 0 Å². The zero-order chi connectivity index (χ0) is 18.0. The monoisotopic (exact) mass is 343 g/mol. The largest absolute Gasteiger partial charge is 0.344 e. The lowest BCUT2D eigenvalue weighted by atomic mass is 10.0. The second-order valence-electron chi connectivity index (χ2n) is 7.05. The molecule has 1 N–H and O–H groups in total. The van der Waals surface area contributed by atoms with Crippen LogP contribution in [0.4, 0.5) is 0 Å². The predicted octanol–water partition coefficient (Wildman–Crippen LogP) is 1.37.